The fourth-order valence-corrected chi connectivity index (χ4v) is 1.74. The smallest absolute Gasteiger partial charge is 0.325 e. The van der Waals surface area contributed by atoms with Gasteiger partial charge in [-0.2, -0.15) is 0 Å². The molecule has 0 aromatic carbocycles. The third-order valence-corrected chi connectivity index (χ3v) is 2.60. The van der Waals surface area contributed by atoms with Gasteiger partial charge in [0.2, 0.25) is 5.16 Å². The highest BCUT2D eigenvalue weighted by Gasteiger charge is 2.10. The number of carboxylic acids is 1. The van der Waals surface area contributed by atoms with E-state index in [1.54, 1.807) is 6.07 Å². The number of aromatic nitrogens is 5. The van der Waals surface area contributed by atoms with E-state index in [0.29, 0.717) is 16.7 Å². The molecular weight excluding hydrogens is 234 g/mol. The number of carboxylic acid groups (broad SMARTS) is 1. The molecule has 0 saturated carbocycles. The number of thioether (sulfide) groups is 1. The zero-order valence-electron chi connectivity index (χ0n) is 7.98. The van der Waals surface area contributed by atoms with Crippen LogP contribution in [0.5, 0.6) is 0 Å². The second kappa shape index (κ2) is 4.75. The van der Waals surface area contributed by atoms with Crippen LogP contribution in [0.15, 0.2) is 21.9 Å². The van der Waals surface area contributed by atoms with Gasteiger partial charge in [-0.1, -0.05) is 16.9 Å². The molecule has 8 nitrogen and oxygen atoms in total. The second-order valence-electron chi connectivity index (χ2n) is 2.78. The fourth-order valence-electron chi connectivity index (χ4n) is 0.979. The van der Waals surface area contributed by atoms with Crippen LogP contribution in [0.25, 0.3) is 0 Å². The Morgan fingerprint density at radius 1 is 1.62 bits per heavy atom. The third-order valence-electron chi connectivity index (χ3n) is 1.62. The van der Waals surface area contributed by atoms with Gasteiger partial charge in [0.05, 0.1) is 11.9 Å². The Labute approximate surface area is 93.6 Å². The Bertz CT molecular complexity index is 468. The molecular formula is C7H7N5O3S. The molecule has 0 amide bonds. The SMILES string of the molecule is O=C(O)Cn1nnnc1SCc1ccno1. The third kappa shape index (κ3) is 2.57. The largest absolute Gasteiger partial charge is 0.480 e. The highest BCUT2D eigenvalue weighted by atomic mass is 32.2. The monoisotopic (exact) mass is 241 g/mol. The summed E-state index contributed by atoms with van der Waals surface area (Å²) in [6, 6.07) is 1.72. The standard InChI is InChI=1S/C7H7N5O3S/c13-6(14)3-12-7(9-10-11-12)16-4-5-1-2-8-15-5/h1-2H,3-4H2,(H,13,14). The summed E-state index contributed by atoms with van der Waals surface area (Å²) in [5.41, 5.74) is 0. The maximum atomic E-state index is 10.5. The minimum atomic E-state index is -0.992. The summed E-state index contributed by atoms with van der Waals surface area (Å²) in [5.74, 6) is 0.184. The van der Waals surface area contributed by atoms with Crippen LogP contribution in [0.3, 0.4) is 0 Å². The van der Waals surface area contributed by atoms with Crippen LogP contribution in [-0.4, -0.2) is 36.4 Å². The first-order valence-electron chi connectivity index (χ1n) is 4.26. The summed E-state index contributed by atoms with van der Waals surface area (Å²) in [5, 5.41) is 23.3. The quantitative estimate of drug-likeness (QED) is 0.731. The maximum Gasteiger partial charge on any atom is 0.325 e. The lowest BCUT2D eigenvalue weighted by Crippen LogP contribution is -2.11. The minimum absolute atomic E-state index is 0.258. The number of rotatable bonds is 5. The first kappa shape index (κ1) is 10.6. The highest BCUT2D eigenvalue weighted by molar-refractivity contribution is 7.98. The van der Waals surface area contributed by atoms with Crippen LogP contribution in [0, 0.1) is 0 Å². The van der Waals surface area contributed by atoms with Crippen molar-refractivity contribution in [1.82, 2.24) is 25.4 Å². The van der Waals surface area contributed by atoms with E-state index in [0.717, 1.165) is 0 Å². The van der Waals surface area contributed by atoms with Gasteiger partial charge in [0.25, 0.3) is 0 Å². The lowest BCUT2D eigenvalue weighted by atomic mass is 10.5. The summed E-state index contributed by atoms with van der Waals surface area (Å²) in [6.07, 6.45) is 1.54. The van der Waals surface area contributed by atoms with E-state index in [2.05, 4.69) is 20.7 Å². The molecule has 9 heteroatoms. The molecule has 0 aliphatic heterocycles. The average Bonchev–Trinajstić information content (AvgIpc) is 2.84. The lowest BCUT2D eigenvalue weighted by Gasteiger charge is -1.98. The Morgan fingerprint density at radius 2 is 2.50 bits per heavy atom. The lowest BCUT2D eigenvalue weighted by molar-refractivity contribution is -0.138. The molecule has 0 saturated heterocycles. The van der Waals surface area contributed by atoms with E-state index in [4.69, 9.17) is 9.63 Å². The van der Waals surface area contributed by atoms with Crippen LogP contribution in [-0.2, 0) is 17.1 Å². The van der Waals surface area contributed by atoms with Gasteiger partial charge in [-0.3, -0.25) is 4.79 Å². The van der Waals surface area contributed by atoms with Crippen LogP contribution in [0.1, 0.15) is 5.76 Å². The number of hydrogen-bond acceptors (Lipinski definition) is 7. The van der Waals surface area contributed by atoms with Gasteiger partial charge in [-0.05, 0) is 10.4 Å². The topological polar surface area (TPSA) is 107 Å². The number of aliphatic carboxylic acids is 1. The average molecular weight is 241 g/mol. The predicted molar refractivity (Wildman–Crippen MR) is 51.5 cm³/mol. The Balaban J connectivity index is 1.99. The van der Waals surface area contributed by atoms with E-state index < -0.39 is 5.97 Å². The molecule has 16 heavy (non-hydrogen) atoms. The zero-order valence-corrected chi connectivity index (χ0v) is 8.79. The van der Waals surface area contributed by atoms with E-state index in [9.17, 15) is 4.79 Å². The van der Waals surface area contributed by atoms with E-state index in [1.165, 1.54) is 22.6 Å². The highest BCUT2D eigenvalue weighted by Crippen LogP contribution is 2.19. The van der Waals surface area contributed by atoms with Crippen molar-refractivity contribution in [3.63, 3.8) is 0 Å². The molecule has 2 heterocycles. The molecule has 0 atom stereocenters. The molecule has 0 aliphatic carbocycles. The normalized spacial score (nSPS) is 10.5. The first-order chi connectivity index (χ1) is 7.75. The number of nitrogens with zero attached hydrogens (tertiary/aromatic N) is 5. The zero-order chi connectivity index (χ0) is 11.4. The van der Waals surface area contributed by atoms with Gasteiger partial charge >= 0.3 is 5.97 Å². The van der Waals surface area contributed by atoms with Crippen molar-refractivity contribution in [2.45, 2.75) is 17.5 Å². The number of hydrogen-bond donors (Lipinski definition) is 1. The van der Waals surface area contributed by atoms with Gasteiger partial charge in [-0.15, -0.1) is 5.10 Å². The molecule has 0 unspecified atom stereocenters. The Kier molecular flexibility index (Phi) is 3.15. The van der Waals surface area contributed by atoms with Crippen molar-refractivity contribution < 1.29 is 14.4 Å². The van der Waals surface area contributed by atoms with Gasteiger partial charge in [0.1, 0.15) is 12.3 Å². The second-order valence-corrected chi connectivity index (χ2v) is 3.72. The van der Waals surface area contributed by atoms with E-state index >= 15 is 0 Å². The first-order valence-corrected chi connectivity index (χ1v) is 5.24. The molecule has 2 aromatic heterocycles. The molecule has 0 aliphatic rings. The Morgan fingerprint density at radius 3 is 3.19 bits per heavy atom. The molecule has 2 aromatic rings. The van der Waals surface area contributed by atoms with Gasteiger partial charge in [0.15, 0.2) is 0 Å². The summed E-state index contributed by atoms with van der Waals surface area (Å²) in [6.45, 7) is -0.258. The predicted octanol–water partition coefficient (Wildman–Crippen LogP) is 0.0380. The summed E-state index contributed by atoms with van der Waals surface area (Å²) >= 11 is 1.28. The Hall–Kier alpha value is -1.90. The summed E-state index contributed by atoms with van der Waals surface area (Å²) in [4.78, 5) is 10.5. The van der Waals surface area contributed by atoms with Crippen LogP contribution < -0.4 is 0 Å². The van der Waals surface area contributed by atoms with Crippen molar-refractivity contribution in [1.29, 1.82) is 0 Å². The van der Waals surface area contributed by atoms with Crippen molar-refractivity contribution in [2.24, 2.45) is 0 Å². The molecule has 2 rings (SSSR count). The van der Waals surface area contributed by atoms with Crippen molar-refractivity contribution in [2.75, 3.05) is 0 Å². The summed E-state index contributed by atoms with van der Waals surface area (Å²) < 4.78 is 6.10. The van der Waals surface area contributed by atoms with Crippen molar-refractivity contribution in [3.05, 3.63) is 18.0 Å². The molecule has 0 radical (unpaired) electrons. The number of tetrazole rings is 1. The molecule has 1 N–H and O–H groups in total. The van der Waals surface area contributed by atoms with Crippen molar-refractivity contribution in [3.8, 4) is 0 Å². The maximum absolute atomic E-state index is 10.5. The molecule has 0 fully saturated rings. The van der Waals surface area contributed by atoms with Gasteiger partial charge < -0.3 is 9.63 Å². The van der Waals surface area contributed by atoms with Crippen LogP contribution in [0.4, 0.5) is 0 Å². The van der Waals surface area contributed by atoms with Gasteiger partial charge in [0, 0.05) is 6.07 Å². The van der Waals surface area contributed by atoms with Crippen LogP contribution in [0.2, 0.25) is 0 Å². The van der Waals surface area contributed by atoms with Crippen LogP contribution >= 0.6 is 11.8 Å². The molecule has 0 bridgehead atoms. The number of carbonyl (C=O) groups is 1. The van der Waals surface area contributed by atoms with Gasteiger partial charge in [-0.25, -0.2) is 4.68 Å². The van der Waals surface area contributed by atoms with E-state index in [1.807, 2.05) is 0 Å². The summed E-state index contributed by atoms with van der Waals surface area (Å²) in [7, 11) is 0. The van der Waals surface area contributed by atoms with Crippen molar-refractivity contribution >= 4 is 17.7 Å². The van der Waals surface area contributed by atoms with E-state index in [-0.39, 0.29) is 6.54 Å². The molecule has 0 spiro atoms. The molecule has 84 valence electrons. The fraction of sp³-hybridized carbons (Fsp3) is 0.286. The minimum Gasteiger partial charge on any atom is -0.480 e.